The average molecular weight is 182 g/mol. The fourth-order valence-corrected chi connectivity index (χ4v) is 1.01. The smallest absolute Gasteiger partial charge is 0.248 e. The summed E-state index contributed by atoms with van der Waals surface area (Å²) in [7, 11) is 0. The molecule has 0 radical (unpaired) electrons. The van der Waals surface area contributed by atoms with Crippen molar-refractivity contribution in [2.24, 2.45) is 5.73 Å². The van der Waals surface area contributed by atoms with E-state index >= 15 is 0 Å². The van der Waals surface area contributed by atoms with Crippen LogP contribution < -0.4 is 5.73 Å². The molecular weight excluding hydrogens is 174 g/mol. The number of rotatable bonds is 2. The summed E-state index contributed by atoms with van der Waals surface area (Å²) in [6.45, 7) is 3.53. The monoisotopic (exact) mass is 181 g/mol. The van der Waals surface area contributed by atoms with Crippen LogP contribution in [-0.4, -0.2) is 5.91 Å². The number of amides is 1. The third-order valence-corrected chi connectivity index (χ3v) is 1.71. The highest BCUT2D eigenvalue weighted by Gasteiger charge is 2.04. The lowest BCUT2D eigenvalue weighted by atomic mass is 10.1. The lowest BCUT2D eigenvalue weighted by molar-refractivity contribution is -0.112. The van der Waals surface area contributed by atoms with Gasteiger partial charge in [0, 0.05) is 10.6 Å². The molecule has 0 aliphatic carbocycles. The Balaban J connectivity index is 3.04. The number of benzene rings is 1. The van der Waals surface area contributed by atoms with E-state index in [1.54, 1.807) is 24.3 Å². The van der Waals surface area contributed by atoms with E-state index in [4.69, 9.17) is 17.3 Å². The Bertz CT molecular complexity index is 333. The maximum atomic E-state index is 10.7. The first kappa shape index (κ1) is 8.81. The predicted molar refractivity (Wildman–Crippen MR) is 49.7 cm³/mol. The van der Waals surface area contributed by atoms with Gasteiger partial charge in [0.2, 0.25) is 5.91 Å². The van der Waals surface area contributed by atoms with Gasteiger partial charge in [0.15, 0.2) is 0 Å². The Hall–Kier alpha value is -1.28. The molecule has 3 heteroatoms. The molecule has 0 heterocycles. The Morgan fingerprint density at radius 2 is 2.17 bits per heavy atom. The maximum absolute atomic E-state index is 10.7. The molecule has 0 atom stereocenters. The van der Waals surface area contributed by atoms with E-state index in [1.165, 1.54) is 0 Å². The molecule has 0 aliphatic rings. The van der Waals surface area contributed by atoms with E-state index in [0.29, 0.717) is 10.6 Å². The van der Waals surface area contributed by atoms with Gasteiger partial charge in [0.05, 0.1) is 0 Å². The minimum absolute atomic E-state index is 0.275. The first-order valence-electron chi connectivity index (χ1n) is 3.36. The fourth-order valence-electron chi connectivity index (χ4n) is 0.818. The molecule has 0 saturated heterocycles. The van der Waals surface area contributed by atoms with Gasteiger partial charge in [-0.25, -0.2) is 0 Å². The highest BCUT2D eigenvalue weighted by atomic mass is 35.5. The van der Waals surface area contributed by atoms with E-state index in [1.807, 2.05) is 0 Å². The second kappa shape index (κ2) is 3.41. The van der Waals surface area contributed by atoms with Gasteiger partial charge >= 0.3 is 0 Å². The molecule has 1 aromatic rings. The minimum atomic E-state index is -0.530. The van der Waals surface area contributed by atoms with Crippen LogP contribution in [0.5, 0.6) is 0 Å². The molecule has 0 bridgehead atoms. The van der Waals surface area contributed by atoms with Gasteiger partial charge < -0.3 is 5.73 Å². The zero-order chi connectivity index (χ0) is 9.14. The molecule has 1 rings (SSSR count). The van der Waals surface area contributed by atoms with E-state index in [2.05, 4.69) is 6.58 Å². The van der Waals surface area contributed by atoms with E-state index in [-0.39, 0.29) is 5.57 Å². The first-order valence-corrected chi connectivity index (χ1v) is 3.73. The van der Waals surface area contributed by atoms with Crippen molar-refractivity contribution >= 4 is 23.1 Å². The number of nitrogens with two attached hydrogens (primary N) is 1. The predicted octanol–water partition coefficient (Wildman–Crippen LogP) is 1.84. The Morgan fingerprint density at radius 3 is 2.67 bits per heavy atom. The molecule has 0 saturated carbocycles. The molecule has 0 spiro atoms. The Kier molecular flexibility index (Phi) is 2.51. The molecule has 2 N–H and O–H groups in total. The van der Waals surface area contributed by atoms with Gasteiger partial charge in [-0.05, 0) is 17.7 Å². The lowest BCUT2D eigenvalue weighted by Gasteiger charge is -2.00. The van der Waals surface area contributed by atoms with Crippen LogP contribution in [0.25, 0.3) is 5.57 Å². The van der Waals surface area contributed by atoms with Crippen molar-refractivity contribution in [2.45, 2.75) is 0 Å². The van der Waals surface area contributed by atoms with Crippen molar-refractivity contribution in [3.05, 3.63) is 41.4 Å². The van der Waals surface area contributed by atoms with Crippen LogP contribution in [0.1, 0.15) is 5.56 Å². The summed E-state index contributed by atoms with van der Waals surface area (Å²) in [4.78, 5) is 10.7. The molecule has 0 aliphatic heterocycles. The van der Waals surface area contributed by atoms with Gasteiger partial charge in [0.25, 0.3) is 0 Å². The second-order valence-electron chi connectivity index (χ2n) is 2.35. The zero-order valence-corrected chi connectivity index (χ0v) is 7.14. The number of hydrogen-bond donors (Lipinski definition) is 1. The molecule has 0 unspecified atom stereocenters. The van der Waals surface area contributed by atoms with Crippen molar-refractivity contribution in [1.82, 2.24) is 0 Å². The molecule has 12 heavy (non-hydrogen) atoms. The third-order valence-electron chi connectivity index (χ3n) is 1.47. The van der Waals surface area contributed by atoms with Gasteiger partial charge in [0.1, 0.15) is 0 Å². The molecule has 62 valence electrons. The van der Waals surface area contributed by atoms with Crippen molar-refractivity contribution < 1.29 is 4.79 Å². The van der Waals surface area contributed by atoms with Crippen molar-refractivity contribution in [3.8, 4) is 0 Å². The molecule has 0 fully saturated rings. The Morgan fingerprint density at radius 1 is 1.50 bits per heavy atom. The number of primary amides is 1. The van der Waals surface area contributed by atoms with Crippen LogP contribution in [0.4, 0.5) is 0 Å². The summed E-state index contributed by atoms with van der Waals surface area (Å²) in [5.74, 6) is -0.530. The van der Waals surface area contributed by atoms with Gasteiger partial charge in [-0.15, -0.1) is 0 Å². The van der Waals surface area contributed by atoms with E-state index in [9.17, 15) is 4.79 Å². The SMILES string of the molecule is C=C(C(N)=O)c1cccc(Cl)c1. The lowest BCUT2D eigenvalue weighted by Crippen LogP contribution is -2.11. The third kappa shape index (κ3) is 1.86. The minimum Gasteiger partial charge on any atom is -0.366 e. The average Bonchev–Trinajstić information content (AvgIpc) is 2.03. The second-order valence-corrected chi connectivity index (χ2v) is 2.79. The summed E-state index contributed by atoms with van der Waals surface area (Å²) in [5.41, 5.74) is 5.97. The largest absolute Gasteiger partial charge is 0.366 e. The van der Waals surface area contributed by atoms with Crippen LogP contribution in [0.2, 0.25) is 5.02 Å². The molecule has 2 nitrogen and oxygen atoms in total. The van der Waals surface area contributed by atoms with Crippen molar-refractivity contribution in [3.63, 3.8) is 0 Å². The first-order chi connectivity index (χ1) is 5.61. The highest BCUT2D eigenvalue weighted by Crippen LogP contribution is 2.16. The standard InChI is InChI=1S/C9H8ClNO/c1-6(9(11)12)7-3-2-4-8(10)5-7/h2-5H,1H2,(H2,11,12). The summed E-state index contributed by atoms with van der Waals surface area (Å²) in [6.07, 6.45) is 0. The van der Waals surface area contributed by atoms with Crippen LogP contribution in [0, 0.1) is 0 Å². The maximum Gasteiger partial charge on any atom is 0.248 e. The Labute approximate surface area is 75.6 Å². The molecule has 1 aromatic carbocycles. The van der Waals surface area contributed by atoms with Crippen LogP contribution in [-0.2, 0) is 4.79 Å². The number of hydrogen-bond acceptors (Lipinski definition) is 1. The van der Waals surface area contributed by atoms with Crippen molar-refractivity contribution in [2.75, 3.05) is 0 Å². The fraction of sp³-hybridized carbons (Fsp3) is 0. The summed E-state index contributed by atoms with van der Waals surface area (Å²) < 4.78 is 0. The number of halogens is 1. The zero-order valence-electron chi connectivity index (χ0n) is 6.38. The van der Waals surface area contributed by atoms with Crippen LogP contribution in [0.15, 0.2) is 30.8 Å². The molecule has 1 amide bonds. The number of carbonyl (C=O) groups excluding carboxylic acids is 1. The van der Waals surface area contributed by atoms with E-state index < -0.39 is 5.91 Å². The summed E-state index contributed by atoms with van der Waals surface area (Å²) >= 11 is 5.70. The summed E-state index contributed by atoms with van der Waals surface area (Å²) in [6, 6.07) is 6.85. The topological polar surface area (TPSA) is 43.1 Å². The van der Waals surface area contributed by atoms with E-state index in [0.717, 1.165) is 0 Å². The quantitative estimate of drug-likeness (QED) is 0.696. The van der Waals surface area contributed by atoms with Crippen LogP contribution in [0.3, 0.4) is 0 Å². The highest BCUT2D eigenvalue weighted by molar-refractivity contribution is 6.31. The molecular formula is C9H8ClNO. The van der Waals surface area contributed by atoms with Gasteiger partial charge in [-0.2, -0.15) is 0 Å². The summed E-state index contributed by atoms with van der Waals surface area (Å²) in [5, 5.41) is 0.565. The number of carbonyl (C=O) groups is 1. The van der Waals surface area contributed by atoms with Gasteiger partial charge in [-0.3, -0.25) is 4.79 Å². The van der Waals surface area contributed by atoms with Crippen molar-refractivity contribution in [1.29, 1.82) is 0 Å². The molecule has 0 aromatic heterocycles. The van der Waals surface area contributed by atoms with Gasteiger partial charge in [-0.1, -0.05) is 30.3 Å². The van der Waals surface area contributed by atoms with Crippen LogP contribution >= 0.6 is 11.6 Å². The normalized spacial score (nSPS) is 9.42.